The van der Waals surface area contributed by atoms with Crippen molar-refractivity contribution < 1.29 is 24.2 Å². The molecule has 2 N–H and O–H groups in total. The molecule has 3 aliphatic rings. The Bertz CT molecular complexity index is 1090. The number of aliphatic carboxylic acids is 1. The Morgan fingerprint density at radius 3 is 2.26 bits per heavy atom. The zero-order valence-corrected chi connectivity index (χ0v) is 20.0. The zero-order chi connectivity index (χ0) is 24.6. The molecular formula is C28H32N2O5. The molecule has 0 radical (unpaired) electrons. The highest BCUT2D eigenvalue weighted by molar-refractivity contribution is 5.85. The summed E-state index contributed by atoms with van der Waals surface area (Å²) in [4.78, 5) is 38.8. The fourth-order valence-electron chi connectivity index (χ4n) is 5.96. The monoisotopic (exact) mass is 476 g/mol. The van der Waals surface area contributed by atoms with Crippen LogP contribution in [0.2, 0.25) is 0 Å². The molecule has 0 bridgehead atoms. The molecule has 0 aromatic heterocycles. The third kappa shape index (κ3) is 4.28. The number of fused-ring (bicyclic) bond motifs is 3. The van der Waals surface area contributed by atoms with E-state index in [-0.39, 0.29) is 43.5 Å². The van der Waals surface area contributed by atoms with Gasteiger partial charge < -0.3 is 20.1 Å². The summed E-state index contributed by atoms with van der Waals surface area (Å²) in [7, 11) is 0. The highest BCUT2D eigenvalue weighted by Gasteiger charge is 2.51. The van der Waals surface area contributed by atoms with Crippen molar-refractivity contribution in [2.24, 2.45) is 11.3 Å². The highest BCUT2D eigenvalue weighted by Crippen LogP contribution is 2.44. The van der Waals surface area contributed by atoms with Crippen molar-refractivity contribution in [2.45, 2.75) is 51.0 Å². The number of nitrogens with zero attached hydrogens (tertiary/aromatic N) is 1. The summed E-state index contributed by atoms with van der Waals surface area (Å²) < 4.78 is 5.68. The third-order valence-electron chi connectivity index (χ3n) is 8.12. The molecule has 7 nitrogen and oxygen atoms in total. The number of carbonyl (C=O) groups excluding carboxylic acids is 2. The Balaban J connectivity index is 1.15. The molecule has 5 rings (SSSR count). The number of nitrogens with one attached hydrogen (secondary N) is 1. The lowest BCUT2D eigenvalue weighted by atomic mass is 9.75. The molecular weight excluding hydrogens is 444 g/mol. The molecule has 2 amide bonds. The van der Waals surface area contributed by atoms with Gasteiger partial charge in [-0.1, -0.05) is 61.9 Å². The number of alkyl carbamates (subject to hydrolysis) is 1. The molecule has 184 valence electrons. The molecule has 2 aliphatic carbocycles. The van der Waals surface area contributed by atoms with Crippen LogP contribution in [0.15, 0.2) is 48.5 Å². The number of rotatable bonds is 6. The van der Waals surface area contributed by atoms with Gasteiger partial charge in [0.2, 0.25) is 5.91 Å². The van der Waals surface area contributed by atoms with E-state index in [0.717, 1.165) is 19.3 Å². The van der Waals surface area contributed by atoms with Gasteiger partial charge in [0, 0.05) is 31.0 Å². The van der Waals surface area contributed by atoms with Crippen molar-refractivity contribution in [3.05, 3.63) is 59.7 Å². The Kier molecular flexibility index (Phi) is 6.26. The molecule has 7 heteroatoms. The minimum Gasteiger partial charge on any atom is -0.481 e. The minimum absolute atomic E-state index is 0.00770. The lowest BCUT2D eigenvalue weighted by molar-refractivity contribution is -0.168. The Morgan fingerprint density at radius 1 is 1.03 bits per heavy atom. The molecule has 35 heavy (non-hydrogen) atoms. The topological polar surface area (TPSA) is 95.9 Å². The predicted octanol–water partition coefficient (Wildman–Crippen LogP) is 4.41. The number of carboxylic acids is 1. The van der Waals surface area contributed by atoms with Crippen LogP contribution in [-0.2, 0) is 14.3 Å². The first kappa shape index (κ1) is 23.4. The van der Waals surface area contributed by atoms with Gasteiger partial charge in [0.25, 0.3) is 0 Å². The molecule has 1 saturated heterocycles. The smallest absolute Gasteiger partial charge is 0.407 e. The molecule has 2 aromatic carbocycles. The van der Waals surface area contributed by atoms with Crippen LogP contribution >= 0.6 is 0 Å². The second-order valence-electron chi connectivity index (χ2n) is 10.2. The van der Waals surface area contributed by atoms with Crippen LogP contribution in [0.3, 0.4) is 0 Å². The summed E-state index contributed by atoms with van der Waals surface area (Å²) in [6.45, 7) is 2.67. The van der Waals surface area contributed by atoms with Gasteiger partial charge in [0.1, 0.15) is 12.0 Å². The van der Waals surface area contributed by atoms with Gasteiger partial charge in [0.05, 0.1) is 0 Å². The van der Waals surface area contributed by atoms with Gasteiger partial charge in [0.15, 0.2) is 0 Å². The van der Waals surface area contributed by atoms with Crippen LogP contribution in [0, 0.1) is 11.3 Å². The number of carboxylic acid groups (broad SMARTS) is 1. The lowest BCUT2D eigenvalue weighted by Crippen LogP contribution is -2.63. The van der Waals surface area contributed by atoms with E-state index in [0.29, 0.717) is 12.8 Å². The maximum atomic E-state index is 13.0. The van der Waals surface area contributed by atoms with E-state index >= 15 is 0 Å². The maximum Gasteiger partial charge on any atom is 0.407 e. The number of amides is 2. The Hall–Kier alpha value is -3.35. The average Bonchev–Trinajstić information content (AvgIpc) is 3.16. The van der Waals surface area contributed by atoms with Crippen LogP contribution in [0.5, 0.6) is 0 Å². The van der Waals surface area contributed by atoms with Gasteiger partial charge in [-0.05, 0) is 47.9 Å². The van der Waals surface area contributed by atoms with Crippen LogP contribution in [0.25, 0.3) is 11.1 Å². The standard InChI is InChI=1S/C28H32N2O5/c1-2-28(26(32)33)16-30(17-28)25(31)18-8-7-9-19(14-18)29-27(34)35-15-24-22-12-5-3-10-20(22)21-11-4-6-13-23(21)24/h3-6,10-13,18-19,24H,2,7-9,14-17H2,1H3,(H,29,34)(H,32,33). The minimum atomic E-state index is -0.831. The van der Waals surface area contributed by atoms with E-state index in [9.17, 15) is 19.5 Å². The summed E-state index contributed by atoms with van der Waals surface area (Å²) in [5, 5.41) is 12.4. The van der Waals surface area contributed by atoms with Gasteiger partial charge in [-0.25, -0.2) is 4.79 Å². The molecule has 1 aliphatic heterocycles. The van der Waals surface area contributed by atoms with E-state index in [1.54, 1.807) is 4.90 Å². The maximum absolute atomic E-state index is 13.0. The summed E-state index contributed by atoms with van der Waals surface area (Å²) in [6, 6.07) is 16.3. The van der Waals surface area contributed by atoms with E-state index in [4.69, 9.17) is 4.74 Å². The molecule has 2 unspecified atom stereocenters. The molecule has 1 heterocycles. The fourth-order valence-corrected chi connectivity index (χ4v) is 5.96. The van der Waals surface area contributed by atoms with Crippen molar-refractivity contribution >= 4 is 18.0 Å². The molecule has 2 atom stereocenters. The normalized spacial score (nSPS) is 22.5. The van der Waals surface area contributed by atoms with Crippen molar-refractivity contribution in [3.63, 3.8) is 0 Å². The summed E-state index contributed by atoms with van der Waals surface area (Å²) in [6.07, 6.45) is 3.04. The molecule has 2 fully saturated rings. The number of ether oxygens (including phenoxy) is 1. The van der Waals surface area contributed by atoms with Crippen LogP contribution in [0.1, 0.15) is 56.1 Å². The van der Waals surface area contributed by atoms with Gasteiger partial charge in [-0.15, -0.1) is 0 Å². The summed E-state index contributed by atoms with van der Waals surface area (Å²) in [5.41, 5.74) is 3.91. The SMILES string of the molecule is CCC1(C(=O)O)CN(C(=O)C2CCCC(NC(=O)OCC3c4ccccc4-c4ccccc43)C2)C1. The summed E-state index contributed by atoms with van der Waals surface area (Å²) in [5.74, 6) is -1.00. The van der Waals surface area contributed by atoms with E-state index in [1.165, 1.54) is 22.3 Å². The van der Waals surface area contributed by atoms with Crippen molar-refractivity contribution in [2.75, 3.05) is 19.7 Å². The molecule has 1 saturated carbocycles. The number of carbonyl (C=O) groups is 3. The van der Waals surface area contributed by atoms with Gasteiger partial charge in [-0.2, -0.15) is 0 Å². The van der Waals surface area contributed by atoms with Crippen molar-refractivity contribution in [1.82, 2.24) is 10.2 Å². The number of hydrogen-bond acceptors (Lipinski definition) is 4. The zero-order valence-electron chi connectivity index (χ0n) is 20.0. The van der Waals surface area contributed by atoms with Crippen molar-refractivity contribution in [1.29, 1.82) is 0 Å². The molecule has 2 aromatic rings. The first-order chi connectivity index (χ1) is 16.9. The van der Waals surface area contributed by atoms with Crippen LogP contribution in [-0.4, -0.2) is 53.7 Å². The highest BCUT2D eigenvalue weighted by atomic mass is 16.5. The first-order valence-electron chi connectivity index (χ1n) is 12.6. The average molecular weight is 477 g/mol. The van der Waals surface area contributed by atoms with E-state index in [1.807, 2.05) is 31.2 Å². The number of benzene rings is 2. The number of hydrogen-bond donors (Lipinski definition) is 2. The quantitative estimate of drug-likeness (QED) is 0.644. The van der Waals surface area contributed by atoms with Crippen molar-refractivity contribution in [3.8, 4) is 11.1 Å². The van der Waals surface area contributed by atoms with Crippen LogP contribution in [0.4, 0.5) is 4.79 Å². The van der Waals surface area contributed by atoms with E-state index < -0.39 is 17.5 Å². The van der Waals surface area contributed by atoms with Gasteiger partial charge in [-0.3, -0.25) is 9.59 Å². The third-order valence-corrected chi connectivity index (χ3v) is 8.12. The second kappa shape index (κ2) is 9.36. The first-order valence-corrected chi connectivity index (χ1v) is 12.6. The summed E-state index contributed by atoms with van der Waals surface area (Å²) >= 11 is 0. The largest absolute Gasteiger partial charge is 0.481 e. The van der Waals surface area contributed by atoms with E-state index in [2.05, 4.69) is 29.6 Å². The Morgan fingerprint density at radius 2 is 1.66 bits per heavy atom. The fraction of sp³-hybridized carbons (Fsp3) is 0.464. The Labute approximate surface area is 205 Å². The molecule has 0 spiro atoms. The van der Waals surface area contributed by atoms with Gasteiger partial charge >= 0.3 is 12.1 Å². The van der Waals surface area contributed by atoms with Crippen LogP contribution < -0.4 is 5.32 Å². The predicted molar refractivity (Wildman–Crippen MR) is 131 cm³/mol. The second-order valence-corrected chi connectivity index (χ2v) is 10.2. The lowest BCUT2D eigenvalue weighted by Gasteiger charge is -2.48. The number of likely N-dealkylation sites (tertiary alicyclic amines) is 1.